The van der Waals surface area contributed by atoms with Crippen LogP contribution in [0.4, 0.5) is 0 Å². The smallest absolute Gasteiger partial charge is 0.137 e. The minimum Gasteiger partial charge on any atom is -0.383 e. The second-order valence-corrected chi connectivity index (χ2v) is 7.04. The van der Waals surface area contributed by atoms with E-state index in [0.29, 0.717) is 11.6 Å². The standard InChI is InChI=1S/C16H18ClN3OS/c1-15(8-14(15)22)16(21,9-20-11-18-10-19-20)7-6-12-4-2-3-5-13(12)17/h2-7,10-11,14,21-22H,8-9H2,1H3/b7-6+. The van der Waals surface area contributed by atoms with Crippen molar-refractivity contribution in [3.8, 4) is 0 Å². The van der Waals surface area contributed by atoms with E-state index in [1.807, 2.05) is 43.3 Å². The van der Waals surface area contributed by atoms with E-state index in [1.165, 1.54) is 6.33 Å². The summed E-state index contributed by atoms with van der Waals surface area (Å²) in [6.45, 7) is 2.38. The molecule has 0 aliphatic heterocycles. The third kappa shape index (κ3) is 2.81. The Labute approximate surface area is 140 Å². The Kier molecular flexibility index (Phi) is 4.05. The molecule has 6 heteroatoms. The summed E-state index contributed by atoms with van der Waals surface area (Å²) in [7, 11) is 0. The van der Waals surface area contributed by atoms with Crippen LogP contribution in [0, 0.1) is 5.41 Å². The molecule has 1 heterocycles. The van der Waals surface area contributed by atoms with Gasteiger partial charge in [0.05, 0.1) is 6.54 Å². The van der Waals surface area contributed by atoms with Crippen LogP contribution in [0.3, 0.4) is 0 Å². The van der Waals surface area contributed by atoms with E-state index in [-0.39, 0.29) is 10.7 Å². The molecule has 1 aromatic carbocycles. The SMILES string of the molecule is CC1(C(O)(/C=C/c2ccccc2Cl)Cn2cncn2)CC1S. The van der Waals surface area contributed by atoms with Crippen LogP contribution < -0.4 is 0 Å². The lowest BCUT2D eigenvalue weighted by atomic mass is 9.84. The first-order chi connectivity index (χ1) is 10.4. The van der Waals surface area contributed by atoms with Crippen molar-refractivity contribution in [2.45, 2.75) is 30.7 Å². The van der Waals surface area contributed by atoms with Crippen molar-refractivity contribution in [1.29, 1.82) is 0 Å². The summed E-state index contributed by atoms with van der Waals surface area (Å²) in [5.41, 5.74) is -0.479. The molecule has 0 bridgehead atoms. The van der Waals surface area contributed by atoms with Crippen molar-refractivity contribution in [2.75, 3.05) is 0 Å². The summed E-state index contributed by atoms with van der Waals surface area (Å²) >= 11 is 10.7. The highest BCUT2D eigenvalue weighted by Crippen LogP contribution is 2.58. The van der Waals surface area contributed by atoms with Gasteiger partial charge < -0.3 is 5.11 Å². The van der Waals surface area contributed by atoms with Gasteiger partial charge in [0.1, 0.15) is 18.3 Å². The Morgan fingerprint density at radius 1 is 1.55 bits per heavy atom. The Bertz CT molecular complexity index is 690. The molecule has 0 saturated heterocycles. The second kappa shape index (κ2) is 5.72. The summed E-state index contributed by atoms with van der Waals surface area (Å²) in [5.74, 6) is 0. The molecule has 2 aromatic rings. The molecule has 4 nitrogen and oxygen atoms in total. The van der Waals surface area contributed by atoms with Crippen molar-refractivity contribution in [3.05, 3.63) is 53.6 Å². The fourth-order valence-electron chi connectivity index (χ4n) is 2.63. The number of nitrogens with zero attached hydrogens (tertiary/aromatic N) is 3. The van der Waals surface area contributed by atoms with Gasteiger partial charge in [0, 0.05) is 15.7 Å². The number of aromatic nitrogens is 3. The molecule has 0 amide bonds. The summed E-state index contributed by atoms with van der Waals surface area (Å²) in [5, 5.41) is 16.2. The van der Waals surface area contributed by atoms with Crippen molar-refractivity contribution in [1.82, 2.24) is 14.8 Å². The lowest BCUT2D eigenvalue weighted by molar-refractivity contribution is 0.00433. The van der Waals surface area contributed by atoms with E-state index in [2.05, 4.69) is 22.7 Å². The maximum absolute atomic E-state index is 11.2. The predicted octanol–water partition coefficient (Wildman–Crippen LogP) is 3.08. The zero-order chi connectivity index (χ0) is 15.8. The quantitative estimate of drug-likeness (QED) is 0.826. The fourth-order valence-corrected chi connectivity index (χ4v) is 3.43. The number of aliphatic hydroxyl groups is 1. The lowest BCUT2D eigenvalue weighted by Crippen LogP contribution is -2.42. The van der Waals surface area contributed by atoms with Gasteiger partial charge in [-0.3, -0.25) is 0 Å². The number of benzene rings is 1. The van der Waals surface area contributed by atoms with Gasteiger partial charge in [-0.1, -0.05) is 48.9 Å². The van der Waals surface area contributed by atoms with Gasteiger partial charge in [0.2, 0.25) is 0 Å². The summed E-state index contributed by atoms with van der Waals surface area (Å²) in [6.07, 6.45) is 7.60. The highest BCUT2D eigenvalue weighted by Gasteiger charge is 2.60. The Morgan fingerprint density at radius 2 is 2.27 bits per heavy atom. The predicted molar refractivity (Wildman–Crippen MR) is 91.0 cm³/mol. The van der Waals surface area contributed by atoms with E-state index in [1.54, 1.807) is 11.0 Å². The Hall–Kier alpha value is -1.30. The van der Waals surface area contributed by atoms with Gasteiger partial charge in [-0.2, -0.15) is 17.7 Å². The van der Waals surface area contributed by atoms with Crippen molar-refractivity contribution < 1.29 is 5.11 Å². The monoisotopic (exact) mass is 335 g/mol. The van der Waals surface area contributed by atoms with Gasteiger partial charge in [-0.25, -0.2) is 9.67 Å². The minimum atomic E-state index is -1.06. The molecule has 0 radical (unpaired) electrons. The van der Waals surface area contributed by atoms with Crippen LogP contribution in [0.25, 0.3) is 6.08 Å². The number of halogens is 1. The first-order valence-corrected chi connectivity index (χ1v) is 8.01. The zero-order valence-electron chi connectivity index (χ0n) is 12.2. The minimum absolute atomic E-state index is 0.164. The molecule has 0 spiro atoms. The first-order valence-electron chi connectivity index (χ1n) is 7.11. The number of thiol groups is 1. The Morgan fingerprint density at radius 3 is 2.86 bits per heavy atom. The molecule has 1 aliphatic rings. The highest BCUT2D eigenvalue weighted by atomic mass is 35.5. The van der Waals surface area contributed by atoms with Gasteiger partial charge in [-0.15, -0.1) is 0 Å². The van der Waals surface area contributed by atoms with Crippen LogP contribution in [0.1, 0.15) is 18.9 Å². The van der Waals surface area contributed by atoms with Crippen LogP contribution in [0.15, 0.2) is 43.0 Å². The molecule has 1 fully saturated rings. The summed E-state index contributed by atoms with van der Waals surface area (Å²) in [6, 6.07) is 7.55. The average molecular weight is 336 g/mol. The van der Waals surface area contributed by atoms with Gasteiger partial charge in [0.25, 0.3) is 0 Å². The molecular weight excluding hydrogens is 318 g/mol. The molecule has 1 aromatic heterocycles. The molecule has 22 heavy (non-hydrogen) atoms. The van der Waals surface area contributed by atoms with Gasteiger partial charge in [0.15, 0.2) is 0 Å². The molecule has 116 valence electrons. The molecule has 1 N–H and O–H groups in total. The average Bonchev–Trinajstić information content (AvgIpc) is 2.90. The van der Waals surface area contributed by atoms with E-state index in [4.69, 9.17) is 11.6 Å². The van der Waals surface area contributed by atoms with Crippen LogP contribution in [-0.2, 0) is 6.54 Å². The maximum Gasteiger partial charge on any atom is 0.137 e. The zero-order valence-corrected chi connectivity index (χ0v) is 13.9. The number of hydrogen-bond donors (Lipinski definition) is 2. The molecule has 3 unspecified atom stereocenters. The van der Waals surface area contributed by atoms with Crippen LogP contribution >= 0.6 is 24.2 Å². The Balaban J connectivity index is 1.91. The van der Waals surface area contributed by atoms with Crippen LogP contribution in [0.5, 0.6) is 0 Å². The second-order valence-electron chi connectivity index (χ2n) is 6.01. The first kappa shape index (κ1) is 15.6. The van der Waals surface area contributed by atoms with Crippen molar-refractivity contribution >= 4 is 30.3 Å². The molecule has 3 atom stereocenters. The van der Waals surface area contributed by atoms with E-state index in [0.717, 1.165) is 12.0 Å². The molecule has 1 saturated carbocycles. The van der Waals surface area contributed by atoms with Crippen molar-refractivity contribution in [3.63, 3.8) is 0 Å². The molecule has 1 aliphatic carbocycles. The van der Waals surface area contributed by atoms with Crippen LogP contribution in [-0.4, -0.2) is 30.7 Å². The number of hydrogen-bond acceptors (Lipinski definition) is 4. The largest absolute Gasteiger partial charge is 0.383 e. The number of rotatable bonds is 5. The summed E-state index contributed by atoms with van der Waals surface area (Å²) in [4.78, 5) is 3.94. The molecular formula is C16H18ClN3OS. The normalized spacial score (nSPS) is 27.0. The summed E-state index contributed by atoms with van der Waals surface area (Å²) < 4.78 is 1.64. The third-order valence-electron chi connectivity index (χ3n) is 4.50. The van der Waals surface area contributed by atoms with E-state index < -0.39 is 5.60 Å². The topological polar surface area (TPSA) is 50.9 Å². The third-order valence-corrected chi connectivity index (χ3v) is 5.59. The van der Waals surface area contributed by atoms with Crippen LogP contribution in [0.2, 0.25) is 5.02 Å². The van der Waals surface area contributed by atoms with E-state index in [9.17, 15) is 5.11 Å². The molecule has 3 rings (SSSR count). The maximum atomic E-state index is 11.2. The van der Waals surface area contributed by atoms with Gasteiger partial charge in [-0.05, 0) is 18.1 Å². The van der Waals surface area contributed by atoms with Crippen molar-refractivity contribution in [2.24, 2.45) is 5.41 Å². The van der Waals surface area contributed by atoms with Gasteiger partial charge >= 0.3 is 0 Å². The van der Waals surface area contributed by atoms with E-state index >= 15 is 0 Å². The fraction of sp³-hybridized carbons (Fsp3) is 0.375. The lowest BCUT2D eigenvalue weighted by Gasteiger charge is -2.32. The highest BCUT2D eigenvalue weighted by molar-refractivity contribution is 7.81.